The molecule has 82 valence electrons. The normalized spacial score (nSPS) is 26.6. The van der Waals surface area contributed by atoms with Gasteiger partial charge >= 0.3 is 5.97 Å². The van der Waals surface area contributed by atoms with Crippen molar-refractivity contribution in [2.75, 3.05) is 0 Å². The highest BCUT2D eigenvalue weighted by Crippen LogP contribution is 2.31. The van der Waals surface area contributed by atoms with Crippen LogP contribution in [0.5, 0.6) is 0 Å². The number of carbonyl (C=O) groups is 1. The third-order valence-electron chi connectivity index (χ3n) is 3.03. The molecule has 0 amide bonds. The average molecular weight is 198 g/mol. The van der Waals surface area contributed by atoms with E-state index in [1.165, 1.54) is 32.1 Å². The van der Waals surface area contributed by atoms with Crippen molar-refractivity contribution in [1.82, 2.24) is 0 Å². The first-order valence-electron chi connectivity index (χ1n) is 5.88. The van der Waals surface area contributed by atoms with Crippen molar-refractivity contribution >= 4 is 5.97 Å². The maximum absolute atomic E-state index is 11.0. The van der Waals surface area contributed by atoms with Crippen molar-refractivity contribution in [3.05, 3.63) is 0 Å². The van der Waals surface area contributed by atoms with Crippen LogP contribution < -0.4 is 0 Å². The molecule has 0 aromatic heterocycles. The lowest BCUT2D eigenvalue weighted by molar-refractivity contribution is -0.147. The summed E-state index contributed by atoms with van der Waals surface area (Å²) in [7, 11) is 0. The zero-order chi connectivity index (χ0) is 10.4. The smallest absolute Gasteiger partial charge is 0.306 e. The molecule has 0 aromatic carbocycles. The van der Waals surface area contributed by atoms with Gasteiger partial charge in [-0.3, -0.25) is 4.79 Å². The van der Waals surface area contributed by atoms with Gasteiger partial charge in [-0.25, -0.2) is 0 Å². The number of hydrogen-bond acceptors (Lipinski definition) is 2. The van der Waals surface area contributed by atoms with Crippen molar-refractivity contribution in [2.45, 2.75) is 70.8 Å². The number of hydrogen-bond donors (Lipinski definition) is 0. The van der Waals surface area contributed by atoms with E-state index in [2.05, 4.69) is 13.8 Å². The zero-order valence-electron chi connectivity index (χ0n) is 9.47. The molecule has 1 rings (SSSR count). The third-order valence-corrected chi connectivity index (χ3v) is 3.03. The molecular weight excluding hydrogens is 176 g/mol. The fourth-order valence-electron chi connectivity index (χ4n) is 2.02. The summed E-state index contributed by atoms with van der Waals surface area (Å²) in [5.74, 6) is -0.0129. The molecule has 0 spiro atoms. The standard InChI is InChI=1S/C12H22O2/c1-3-4-5-6-7-9-12(2)10-8-11(13)14-12/h3-10H2,1-2H3/t12-/m1/s1. The van der Waals surface area contributed by atoms with Crippen LogP contribution in [0.15, 0.2) is 0 Å². The van der Waals surface area contributed by atoms with E-state index in [1.807, 2.05) is 0 Å². The monoisotopic (exact) mass is 198 g/mol. The van der Waals surface area contributed by atoms with E-state index in [1.54, 1.807) is 0 Å². The summed E-state index contributed by atoms with van der Waals surface area (Å²) in [6, 6.07) is 0. The Kier molecular flexibility index (Phi) is 4.43. The first-order chi connectivity index (χ1) is 6.66. The lowest BCUT2D eigenvalue weighted by Crippen LogP contribution is -2.23. The third kappa shape index (κ3) is 3.69. The summed E-state index contributed by atoms with van der Waals surface area (Å²) >= 11 is 0. The summed E-state index contributed by atoms with van der Waals surface area (Å²) in [6.45, 7) is 4.29. The van der Waals surface area contributed by atoms with Crippen LogP contribution in [-0.4, -0.2) is 11.6 Å². The van der Waals surface area contributed by atoms with Crippen LogP contribution in [0.2, 0.25) is 0 Å². The van der Waals surface area contributed by atoms with Crippen molar-refractivity contribution in [1.29, 1.82) is 0 Å². The van der Waals surface area contributed by atoms with E-state index in [9.17, 15) is 4.79 Å². The van der Waals surface area contributed by atoms with Gasteiger partial charge in [0.2, 0.25) is 0 Å². The van der Waals surface area contributed by atoms with Crippen molar-refractivity contribution in [3.63, 3.8) is 0 Å². The quantitative estimate of drug-likeness (QED) is 0.482. The van der Waals surface area contributed by atoms with E-state index >= 15 is 0 Å². The number of ether oxygens (including phenoxy) is 1. The van der Waals surface area contributed by atoms with E-state index in [0.29, 0.717) is 6.42 Å². The number of esters is 1. The Bertz CT molecular complexity index is 189. The summed E-state index contributed by atoms with van der Waals surface area (Å²) < 4.78 is 5.32. The van der Waals surface area contributed by atoms with Gasteiger partial charge in [-0.1, -0.05) is 32.6 Å². The van der Waals surface area contributed by atoms with Gasteiger partial charge in [-0.05, 0) is 26.2 Å². The summed E-state index contributed by atoms with van der Waals surface area (Å²) in [4.78, 5) is 11.0. The molecule has 1 aliphatic heterocycles. The second-order valence-electron chi connectivity index (χ2n) is 4.59. The maximum Gasteiger partial charge on any atom is 0.306 e. The van der Waals surface area contributed by atoms with Crippen LogP contribution in [0.4, 0.5) is 0 Å². The highest BCUT2D eigenvalue weighted by atomic mass is 16.6. The Labute approximate surface area is 87.0 Å². The van der Waals surface area contributed by atoms with Crippen LogP contribution in [0.1, 0.15) is 65.2 Å². The molecule has 0 radical (unpaired) electrons. The van der Waals surface area contributed by atoms with Gasteiger partial charge < -0.3 is 4.74 Å². The van der Waals surface area contributed by atoms with Crippen LogP contribution >= 0.6 is 0 Å². The van der Waals surface area contributed by atoms with Crippen LogP contribution in [0.25, 0.3) is 0 Å². The van der Waals surface area contributed by atoms with E-state index < -0.39 is 0 Å². The van der Waals surface area contributed by atoms with Gasteiger partial charge in [0, 0.05) is 6.42 Å². The van der Waals surface area contributed by atoms with Crippen LogP contribution in [-0.2, 0) is 9.53 Å². The van der Waals surface area contributed by atoms with Crippen molar-refractivity contribution < 1.29 is 9.53 Å². The van der Waals surface area contributed by atoms with Gasteiger partial charge in [0.25, 0.3) is 0 Å². The molecule has 1 aliphatic rings. The Morgan fingerprint density at radius 3 is 2.57 bits per heavy atom. The molecule has 1 saturated heterocycles. The maximum atomic E-state index is 11.0. The van der Waals surface area contributed by atoms with Crippen LogP contribution in [0.3, 0.4) is 0 Å². The molecule has 0 aromatic rings. The fraction of sp³-hybridized carbons (Fsp3) is 0.917. The topological polar surface area (TPSA) is 26.3 Å². The Morgan fingerprint density at radius 2 is 2.00 bits per heavy atom. The summed E-state index contributed by atoms with van der Waals surface area (Å²) in [5, 5.41) is 0. The number of rotatable bonds is 6. The van der Waals surface area contributed by atoms with E-state index in [-0.39, 0.29) is 11.6 Å². The number of carbonyl (C=O) groups excluding carboxylic acids is 1. The van der Waals surface area contributed by atoms with Crippen molar-refractivity contribution in [3.8, 4) is 0 Å². The van der Waals surface area contributed by atoms with E-state index in [4.69, 9.17) is 4.74 Å². The Hall–Kier alpha value is -0.530. The molecule has 2 heteroatoms. The molecule has 1 atom stereocenters. The molecule has 0 saturated carbocycles. The van der Waals surface area contributed by atoms with Crippen LogP contribution in [0, 0.1) is 0 Å². The fourth-order valence-corrected chi connectivity index (χ4v) is 2.02. The molecule has 0 aliphatic carbocycles. The van der Waals surface area contributed by atoms with Crippen molar-refractivity contribution in [2.24, 2.45) is 0 Å². The Balaban J connectivity index is 2.08. The van der Waals surface area contributed by atoms with Gasteiger partial charge in [0.1, 0.15) is 5.60 Å². The second-order valence-corrected chi connectivity index (χ2v) is 4.59. The summed E-state index contributed by atoms with van der Waals surface area (Å²) in [5.41, 5.74) is -0.136. The van der Waals surface area contributed by atoms with Gasteiger partial charge in [0.15, 0.2) is 0 Å². The average Bonchev–Trinajstić information content (AvgIpc) is 2.47. The van der Waals surface area contributed by atoms with Gasteiger partial charge in [-0.15, -0.1) is 0 Å². The molecule has 1 fully saturated rings. The number of unbranched alkanes of at least 4 members (excludes halogenated alkanes) is 4. The minimum atomic E-state index is -0.136. The van der Waals surface area contributed by atoms with E-state index in [0.717, 1.165) is 12.8 Å². The predicted octanol–water partition coefficient (Wildman–Crippen LogP) is 3.44. The molecule has 14 heavy (non-hydrogen) atoms. The lowest BCUT2D eigenvalue weighted by atomic mass is 9.95. The minimum absolute atomic E-state index is 0.0129. The van der Waals surface area contributed by atoms with Gasteiger partial charge in [0.05, 0.1) is 0 Å². The number of cyclic esters (lactones) is 1. The molecule has 0 unspecified atom stereocenters. The highest BCUT2D eigenvalue weighted by Gasteiger charge is 2.34. The zero-order valence-corrected chi connectivity index (χ0v) is 9.47. The Morgan fingerprint density at radius 1 is 1.29 bits per heavy atom. The molecular formula is C12H22O2. The SMILES string of the molecule is CCCCCCC[C@]1(C)CCC(=O)O1. The highest BCUT2D eigenvalue weighted by molar-refractivity contribution is 5.72. The molecule has 0 bridgehead atoms. The first-order valence-corrected chi connectivity index (χ1v) is 5.88. The largest absolute Gasteiger partial charge is 0.459 e. The summed E-state index contributed by atoms with van der Waals surface area (Å²) in [6.07, 6.45) is 8.99. The second kappa shape index (κ2) is 5.38. The lowest BCUT2D eigenvalue weighted by Gasteiger charge is -2.22. The molecule has 0 N–H and O–H groups in total. The molecule has 1 heterocycles. The molecule has 2 nitrogen and oxygen atoms in total. The predicted molar refractivity (Wildman–Crippen MR) is 57.1 cm³/mol. The first kappa shape index (κ1) is 11.5. The minimum Gasteiger partial charge on any atom is -0.459 e. The van der Waals surface area contributed by atoms with Gasteiger partial charge in [-0.2, -0.15) is 0 Å².